The summed E-state index contributed by atoms with van der Waals surface area (Å²) in [6, 6.07) is 1.65. The van der Waals surface area contributed by atoms with Crippen LogP contribution in [0.25, 0.3) is 0 Å². The second kappa shape index (κ2) is 5.73. The lowest BCUT2D eigenvalue weighted by molar-refractivity contribution is 0.580. The molecule has 0 spiro atoms. The molecule has 1 heterocycles. The van der Waals surface area contributed by atoms with Crippen LogP contribution in [0, 0.1) is 13.8 Å². The van der Waals surface area contributed by atoms with Crippen molar-refractivity contribution >= 4 is 33.2 Å². The Bertz CT molecular complexity index is 701. The SMILES string of the molecule is Cc1cc(Cl)c(C)c(S(=O)(=O)NCc2cn[nH]c2)c1Cl. The number of halogens is 2. The number of hydrogen-bond donors (Lipinski definition) is 2. The molecule has 0 saturated carbocycles. The number of rotatable bonds is 4. The first-order valence-electron chi connectivity index (χ1n) is 5.75. The largest absolute Gasteiger partial charge is 0.285 e. The van der Waals surface area contributed by atoms with Gasteiger partial charge in [0.2, 0.25) is 10.0 Å². The molecular weight excluding hydrogens is 321 g/mol. The predicted octanol–water partition coefficient (Wildman–Crippen LogP) is 2.81. The molecule has 0 fully saturated rings. The van der Waals surface area contributed by atoms with Crippen LogP contribution >= 0.6 is 23.2 Å². The van der Waals surface area contributed by atoms with Gasteiger partial charge in [-0.15, -0.1) is 0 Å². The Morgan fingerprint density at radius 2 is 2.05 bits per heavy atom. The lowest BCUT2D eigenvalue weighted by Gasteiger charge is -2.13. The Morgan fingerprint density at radius 3 is 2.65 bits per heavy atom. The second-order valence-corrected chi connectivity index (χ2v) is 6.86. The van der Waals surface area contributed by atoms with Crippen molar-refractivity contribution in [2.45, 2.75) is 25.3 Å². The van der Waals surface area contributed by atoms with E-state index in [1.54, 1.807) is 32.3 Å². The maximum Gasteiger partial charge on any atom is 0.242 e. The van der Waals surface area contributed by atoms with Gasteiger partial charge in [-0.05, 0) is 31.0 Å². The molecule has 1 aromatic carbocycles. The fourth-order valence-corrected chi connectivity index (χ4v) is 3.98. The summed E-state index contributed by atoms with van der Waals surface area (Å²) in [6.45, 7) is 3.46. The molecule has 2 rings (SSSR count). The van der Waals surface area contributed by atoms with Gasteiger partial charge in [0, 0.05) is 23.3 Å². The third kappa shape index (κ3) is 2.98. The van der Waals surface area contributed by atoms with E-state index in [-0.39, 0.29) is 16.5 Å². The summed E-state index contributed by atoms with van der Waals surface area (Å²) >= 11 is 12.2. The third-order valence-corrected chi connectivity index (χ3v) is 5.44. The first-order chi connectivity index (χ1) is 9.33. The van der Waals surface area contributed by atoms with Crippen molar-refractivity contribution in [2.24, 2.45) is 0 Å². The monoisotopic (exact) mass is 333 g/mol. The first-order valence-corrected chi connectivity index (χ1v) is 7.99. The summed E-state index contributed by atoms with van der Waals surface area (Å²) in [6.07, 6.45) is 3.15. The van der Waals surface area contributed by atoms with E-state index in [2.05, 4.69) is 14.9 Å². The first kappa shape index (κ1) is 15.3. The normalized spacial score (nSPS) is 11.8. The highest BCUT2D eigenvalue weighted by molar-refractivity contribution is 7.89. The number of benzene rings is 1. The number of sulfonamides is 1. The van der Waals surface area contributed by atoms with Gasteiger partial charge >= 0.3 is 0 Å². The van der Waals surface area contributed by atoms with Crippen LogP contribution in [0.15, 0.2) is 23.4 Å². The summed E-state index contributed by atoms with van der Waals surface area (Å²) in [5.41, 5.74) is 1.77. The van der Waals surface area contributed by atoms with Crippen LogP contribution in [0.4, 0.5) is 0 Å². The highest BCUT2D eigenvalue weighted by Crippen LogP contribution is 2.33. The molecule has 0 saturated heterocycles. The van der Waals surface area contributed by atoms with Gasteiger partial charge in [0.1, 0.15) is 4.90 Å². The van der Waals surface area contributed by atoms with Crippen molar-refractivity contribution in [3.05, 3.63) is 45.2 Å². The van der Waals surface area contributed by atoms with Crippen LogP contribution in [-0.4, -0.2) is 18.6 Å². The van der Waals surface area contributed by atoms with Gasteiger partial charge in [-0.3, -0.25) is 5.10 Å². The number of hydrogen-bond acceptors (Lipinski definition) is 3. The van der Waals surface area contributed by atoms with E-state index in [0.717, 1.165) is 5.56 Å². The van der Waals surface area contributed by atoms with E-state index in [0.29, 0.717) is 16.1 Å². The topological polar surface area (TPSA) is 74.8 Å². The van der Waals surface area contributed by atoms with E-state index in [4.69, 9.17) is 23.2 Å². The average molecular weight is 334 g/mol. The van der Waals surface area contributed by atoms with Gasteiger partial charge in [0.15, 0.2) is 0 Å². The Kier molecular flexibility index (Phi) is 4.39. The molecule has 0 radical (unpaired) electrons. The van der Waals surface area contributed by atoms with Gasteiger partial charge in [0.05, 0.1) is 11.2 Å². The van der Waals surface area contributed by atoms with Gasteiger partial charge in [-0.1, -0.05) is 23.2 Å². The number of nitrogens with zero attached hydrogens (tertiary/aromatic N) is 1. The standard InChI is InChI=1S/C12H13Cl2N3O2S/c1-7-3-10(13)8(2)12(11(7)14)20(18,19)17-6-9-4-15-16-5-9/h3-5,17H,6H2,1-2H3,(H,15,16). The molecule has 0 aliphatic rings. The zero-order valence-corrected chi connectivity index (χ0v) is 13.2. The number of nitrogens with one attached hydrogen (secondary N) is 2. The number of aromatic nitrogens is 2. The fourth-order valence-electron chi connectivity index (χ4n) is 1.76. The molecule has 0 amide bonds. The van der Waals surface area contributed by atoms with Crippen molar-refractivity contribution in [3.8, 4) is 0 Å². The van der Waals surface area contributed by atoms with Crippen molar-refractivity contribution < 1.29 is 8.42 Å². The average Bonchev–Trinajstić information content (AvgIpc) is 2.87. The smallest absolute Gasteiger partial charge is 0.242 e. The molecule has 5 nitrogen and oxygen atoms in total. The van der Waals surface area contributed by atoms with E-state index in [9.17, 15) is 8.42 Å². The fraction of sp³-hybridized carbons (Fsp3) is 0.250. The van der Waals surface area contributed by atoms with Crippen LogP contribution in [0.2, 0.25) is 10.0 Å². The zero-order valence-electron chi connectivity index (χ0n) is 10.9. The van der Waals surface area contributed by atoms with E-state index in [1.165, 1.54) is 0 Å². The van der Waals surface area contributed by atoms with E-state index >= 15 is 0 Å². The quantitative estimate of drug-likeness (QED) is 0.903. The Hall–Kier alpha value is -1.08. The molecule has 108 valence electrons. The van der Waals surface area contributed by atoms with Gasteiger partial charge in [0.25, 0.3) is 0 Å². The molecular formula is C12H13Cl2N3O2S. The highest BCUT2D eigenvalue weighted by atomic mass is 35.5. The van der Waals surface area contributed by atoms with E-state index in [1.807, 2.05) is 0 Å². The molecule has 20 heavy (non-hydrogen) atoms. The molecule has 0 unspecified atom stereocenters. The molecule has 1 aromatic heterocycles. The van der Waals surface area contributed by atoms with Crippen LogP contribution in [0.5, 0.6) is 0 Å². The second-order valence-electron chi connectivity index (χ2n) is 4.37. The van der Waals surface area contributed by atoms with E-state index < -0.39 is 10.0 Å². The molecule has 0 bridgehead atoms. The molecule has 2 N–H and O–H groups in total. The summed E-state index contributed by atoms with van der Waals surface area (Å²) in [7, 11) is -3.75. The van der Waals surface area contributed by atoms with Gasteiger partial charge in [-0.25, -0.2) is 13.1 Å². The molecule has 0 aliphatic carbocycles. The Labute approximate surface area is 127 Å². The summed E-state index contributed by atoms with van der Waals surface area (Å²) in [4.78, 5) is 0.0210. The van der Waals surface area contributed by atoms with Gasteiger partial charge in [-0.2, -0.15) is 5.10 Å². The van der Waals surface area contributed by atoms with Crippen LogP contribution in [-0.2, 0) is 16.6 Å². The maximum absolute atomic E-state index is 12.4. The lowest BCUT2D eigenvalue weighted by atomic mass is 10.2. The third-order valence-electron chi connectivity index (χ3n) is 2.88. The molecule has 2 aromatic rings. The van der Waals surface area contributed by atoms with Crippen molar-refractivity contribution in [1.82, 2.24) is 14.9 Å². The summed E-state index contributed by atoms with van der Waals surface area (Å²) in [5, 5.41) is 6.92. The Morgan fingerprint density at radius 1 is 1.35 bits per heavy atom. The maximum atomic E-state index is 12.4. The molecule has 0 aliphatic heterocycles. The minimum Gasteiger partial charge on any atom is -0.285 e. The minimum absolute atomic E-state index is 0.0210. The van der Waals surface area contributed by atoms with Crippen LogP contribution < -0.4 is 4.72 Å². The molecule has 0 atom stereocenters. The summed E-state index contributed by atoms with van der Waals surface area (Å²) < 4.78 is 27.3. The van der Waals surface area contributed by atoms with Crippen LogP contribution in [0.1, 0.15) is 16.7 Å². The van der Waals surface area contributed by atoms with Crippen molar-refractivity contribution in [1.29, 1.82) is 0 Å². The summed E-state index contributed by atoms with van der Waals surface area (Å²) in [5.74, 6) is 0. The van der Waals surface area contributed by atoms with Crippen LogP contribution in [0.3, 0.4) is 0 Å². The van der Waals surface area contributed by atoms with Crippen molar-refractivity contribution in [2.75, 3.05) is 0 Å². The lowest BCUT2D eigenvalue weighted by Crippen LogP contribution is -2.24. The number of aromatic amines is 1. The minimum atomic E-state index is -3.75. The zero-order chi connectivity index (χ0) is 14.9. The van der Waals surface area contributed by atoms with Crippen molar-refractivity contribution in [3.63, 3.8) is 0 Å². The Balaban J connectivity index is 2.39. The van der Waals surface area contributed by atoms with Gasteiger partial charge < -0.3 is 0 Å². The number of aryl methyl sites for hydroxylation is 1. The highest BCUT2D eigenvalue weighted by Gasteiger charge is 2.23. The molecule has 8 heteroatoms. The number of H-pyrrole nitrogens is 1. The predicted molar refractivity (Wildman–Crippen MR) is 78.5 cm³/mol.